The molecule has 0 saturated heterocycles. The van der Waals surface area contributed by atoms with Crippen LogP contribution in [0, 0.1) is 35.2 Å². The monoisotopic (exact) mass is 921 g/mol. The zero-order valence-corrected chi connectivity index (χ0v) is 38.1. The predicted octanol–water partition coefficient (Wildman–Crippen LogP) is 14.6. The van der Waals surface area contributed by atoms with E-state index in [4.69, 9.17) is 4.98 Å². The molecule has 1 aliphatic heterocycles. The maximum Gasteiger partial charge on any atom is 0.165 e. The molecule has 1 aromatic heterocycles. The Kier molecular flexibility index (Phi) is 14.1. The number of hydrogen-bond acceptors (Lipinski definition) is 4. The van der Waals surface area contributed by atoms with E-state index >= 15 is 0 Å². The molecule has 1 radical (unpaired) electrons. The van der Waals surface area contributed by atoms with Gasteiger partial charge in [-0.3, -0.25) is 9.78 Å². The minimum atomic E-state index is -0.278. The van der Waals surface area contributed by atoms with Crippen LogP contribution in [0.3, 0.4) is 0 Å². The summed E-state index contributed by atoms with van der Waals surface area (Å²) in [6, 6.07) is 22.2. The van der Waals surface area contributed by atoms with Crippen molar-refractivity contribution in [3.05, 3.63) is 89.3 Å². The molecule has 0 unspecified atom stereocenters. The van der Waals surface area contributed by atoms with Crippen molar-refractivity contribution in [2.24, 2.45) is 22.2 Å². The van der Waals surface area contributed by atoms with Crippen LogP contribution in [0.15, 0.2) is 76.4 Å². The molecule has 291 valence electrons. The fourth-order valence-electron chi connectivity index (χ4n) is 8.08. The molecular weight excluding hydrogens is 859 g/mol. The van der Waals surface area contributed by atoms with Crippen LogP contribution in [0.25, 0.3) is 43.6 Å². The number of fused-ring (bicyclic) bond motifs is 5. The van der Waals surface area contributed by atoms with Gasteiger partial charge in [0, 0.05) is 54.3 Å². The van der Waals surface area contributed by atoms with Gasteiger partial charge in [0.15, 0.2) is 5.78 Å². The number of benzene rings is 4. The summed E-state index contributed by atoms with van der Waals surface area (Å²) in [6.45, 7) is 26.3. The molecule has 0 saturated carbocycles. The van der Waals surface area contributed by atoms with Gasteiger partial charge in [-0.25, -0.2) is 0 Å². The molecule has 0 aliphatic carbocycles. The number of aryl methyl sites for hydroxylation is 1. The van der Waals surface area contributed by atoms with Crippen LogP contribution >= 0.6 is 11.8 Å². The second-order valence-electron chi connectivity index (χ2n) is 17.7. The van der Waals surface area contributed by atoms with Crippen LogP contribution in [-0.2, 0) is 37.7 Å². The Bertz CT molecular complexity index is 2150. The summed E-state index contributed by atoms with van der Waals surface area (Å²) in [7, 11) is 0. The van der Waals surface area contributed by atoms with Gasteiger partial charge in [-0.15, -0.1) is 29.3 Å². The summed E-state index contributed by atoms with van der Waals surface area (Å²) >= 11 is 1.93. The molecule has 1 N–H and O–H groups in total. The molecule has 5 aromatic rings. The second-order valence-corrected chi connectivity index (χ2v) is 18.8. The van der Waals surface area contributed by atoms with Gasteiger partial charge >= 0.3 is 0 Å². The normalized spacial score (nSPS) is 13.2. The van der Waals surface area contributed by atoms with E-state index in [1.807, 2.05) is 52.6 Å². The van der Waals surface area contributed by atoms with Gasteiger partial charge in [0.05, 0.1) is 5.76 Å². The smallest absolute Gasteiger partial charge is 0.165 e. The van der Waals surface area contributed by atoms with Crippen LogP contribution in [0.1, 0.15) is 125 Å². The molecule has 6 rings (SSSR count). The number of rotatable bonds is 10. The topological polar surface area (TPSA) is 50.2 Å². The van der Waals surface area contributed by atoms with E-state index in [-0.39, 0.29) is 53.8 Å². The van der Waals surface area contributed by atoms with Crippen molar-refractivity contribution in [3.8, 4) is 11.3 Å². The maximum atomic E-state index is 12.3. The summed E-state index contributed by atoms with van der Waals surface area (Å²) in [5.41, 5.74) is 6.54. The Morgan fingerprint density at radius 3 is 2.07 bits per heavy atom. The molecule has 2 heterocycles. The first-order valence-corrected chi connectivity index (χ1v) is 20.8. The third kappa shape index (κ3) is 9.34. The van der Waals surface area contributed by atoms with E-state index in [9.17, 15) is 9.90 Å². The molecule has 0 amide bonds. The third-order valence-electron chi connectivity index (χ3n) is 11.3. The Morgan fingerprint density at radius 2 is 1.48 bits per heavy atom. The average Bonchev–Trinajstić information content (AvgIpc) is 3.09. The average molecular weight is 921 g/mol. The Labute approximate surface area is 343 Å². The first-order chi connectivity index (χ1) is 25.0. The minimum absolute atomic E-state index is 0. The number of aromatic nitrogens is 1. The zero-order valence-electron chi connectivity index (χ0n) is 34.8. The van der Waals surface area contributed by atoms with Crippen LogP contribution < -0.4 is 0 Å². The molecule has 5 heteroatoms. The van der Waals surface area contributed by atoms with Crippen molar-refractivity contribution in [1.29, 1.82) is 0 Å². The van der Waals surface area contributed by atoms with Crippen molar-refractivity contribution < 1.29 is 30.0 Å². The number of carbonyl (C=O) groups is 1. The van der Waals surface area contributed by atoms with Gasteiger partial charge < -0.3 is 5.11 Å². The van der Waals surface area contributed by atoms with E-state index in [2.05, 4.69) is 103 Å². The standard InChI is InChI=1S/C34H34NS.C15H28O2.Ir/c1-20-8-10-22-16-27-31-30-25(12-13-35-31)24-11-9-21(18-33(2,3)4)15-23(24)17-29(30)36-32(27)28(26(22)14-20)19-34(5,6)7;1-6-12(7-2)13(16)11-14(17)15(8-3,9-4)10-5;/h8-15,17H,18-19H2,1-7H3;11-12,16H,6-10H2,1-5H3;/q-1;;/b;13-11-;. The Hall–Kier alpha value is -2.98. The van der Waals surface area contributed by atoms with E-state index in [1.54, 1.807) is 0 Å². The van der Waals surface area contributed by atoms with Gasteiger partial charge in [0.25, 0.3) is 0 Å². The third-order valence-corrected chi connectivity index (χ3v) is 12.5. The SMILES string of the molecule is CCC(CC)/C(O)=C/C(=O)C(CC)(CC)CC.Cc1ccc2[c-]c3c(c(CC(C)(C)C)c2c1)Sc1cc2cc(CC(C)(C)C)ccc2c2ccnc-3c12.[Ir]. The van der Waals surface area contributed by atoms with Crippen molar-refractivity contribution in [1.82, 2.24) is 4.98 Å². The molecule has 54 heavy (non-hydrogen) atoms. The first kappa shape index (κ1) is 43.7. The van der Waals surface area contributed by atoms with Gasteiger partial charge in [-0.1, -0.05) is 129 Å². The maximum absolute atomic E-state index is 12.3. The number of hydrogen-bond donors (Lipinski definition) is 1. The molecule has 1 aliphatic rings. The summed E-state index contributed by atoms with van der Waals surface area (Å²) in [4.78, 5) is 19.9. The van der Waals surface area contributed by atoms with Crippen LogP contribution in [0.4, 0.5) is 0 Å². The molecule has 4 aromatic carbocycles. The van der Waals surface area contributed by atoms with E-state index in [1.165, 1.54) is 64.9 Å². The molecule has 3 nitrogen and oxygen atoms in total. The quantitative estimate of drug-likeness (QED) is 0.0644. The minimum Gasteiger partial charge on any atom is -0.512 e. The molecule has 0 fully saturated rings. The van der Waals surface area contributed by atoms with Gasteiger partial charge in [-0.05, 0) is 107 Å². The van der Waals surface area contributed by atoms with E-state index in [0.717, 1.165) is 56.2 Å². The predicted molar refractivity (Wildman–Crippen MR) is 229 cm³/mol. The van der Waals surface area contributed by atoms with Gasteiger partial charge in [0.1, 0.15) is 0 Å². The van der Waals surface area contributed by atoms with Gasteiger partial charge in [-0.2, -0.15) is 0 Å². The number of aliphatic hydroxyl groups excluding tert-OH is 1. The second kappa shape index (κ2) is 17.4. The van der Waals surface area contributed by atoms with Crippen LogP contribution in [0.5, 0.6) is 0 Å². The fourth-order valence-corrected chi connectivity index (χ4v) is 9.35. The van der Waals surface area contributed by atoms with E-state index in [0.29, 0.717) is 0 Å². The number of ketones is 1. The summed E-state index contributed by atoms with van der Waals surface area (Å²) in [6.07, 6.45) is 9.83. The first-order valence-electron chi connectivity index (χ1n) is 19.9. The van der Waals surface area contributed by atoms with Crippen LogP contribution in [0.2, 0.25) is 0 Å². The largest absolute Gasteiger partial charge is 0.512 e. The van der Waals surface area contributed by atoms with Crippen molar-refractivity contribution >= 4 is 49.9 Å². The number of nitrogens with zero attached hydrogens (tertiary/aromatic N) is 1. The fraction of sp³-hybridized carbons (Fsp3) is 0.469. The number of allylic oxidation sites excluding steroid dienone is 2. The number of carbonyl (C=O) groups excluding carboxylic acids is 1. The van der Waals surface area contributed by atoms with Gasteiger partial charge in [0.2, 0.25) is 0 Å². The van der Waals surface area contributed by atoms with Crippen molar-refractivity contribution in [2.75, 3.05) is 0 Å². The number of pyridine rings is 1. The summed E-state index contributed by atoms with van der Waals surface area (Å²) in [5.74, 6) is 0.483. The Balaban J connectivity index is 0.000000309. The van der Waals surface area contributed by atoms with Crippen molar-refractivity contribution in [3.63, 3.8) is 0 Å². The molecule has 0 bridgehead atoms. The van der Waals surface area contributed by atoms with E-state index < -0.39 is 0 Å². The van der Waals surface area contributed by atoms with Crippen molar-refractivity contribution in [2.45, 2.75) is 138 Å². The summed E-state index contributed by atoms with van der Waals surface area (Å²) < 4.78 is 0. The van der Waals surface area contributed by atoms with Crippen LogP contribution in [-0.4, -0.2) is 15.9 Å². The molecular formula is C49H62IrNO2S-. The molecule has 0 atom stereocenters. The zero-order chi connectivity index (χ0) is 38.9. The number of aliphatic hydroxyl groups is 1. The molecule has 0 spiro atoms. The summed E-state index contributed by atoms with van der Waals surface area (Å²) in [5, 5.41) is 17.7. The Morgan fingerprint density at radius 1 is 0.833 bits per heavy atom.